The van der Waals surface area contributed by atoms with E-state index >= 15 is 0 Å². The zero-order valence-corrected chi connectivity index (χ0v) is 12.8. The summed E-state index contributed by atoms with van der Waals surface area (Å²) in [5.41, 5.74) is 8.62. The molecule has 2 aliphatic rings. The van der Waals surface area contributed by atoms with Crippen molar-refractivity contribution in [3.05, 3.63) is 22.2 Å². The van der Waals surface area contributed by atoms with Crippen LogP contribution < -0.4 is 15.2 Å². The van der Waals surface area contributed by atoms with Crippen LogP contribution in [0.25, 0.3) is 0 Å². The number of hydrogen-bond acceptors (Lipinski definition) is 3. The second kappa shape index (κ2) is 5.45. The summed E-state index contributed by atoms with van der Waals surface area (Å²) in [6.07, 6.45) is 6.56. The summed E-state index contributed by atoms with van der Waals surface area (Å²) in [6.45, 7) is 3.40. The van der Waals surface area contributed by atoms with E-state index in [1.165, 1.54) is 19.3 Å². The number of hydrogen-bond donors (Lipinski definition) is 1. The van der Waals surface area contributed by atoms with Gasteiger partial charge in [-0.2, -0.15) is 0 Å². The number of halogens is 1. The molecule has 4 heteroatoms. The van der Waals surface area contributed by atoms with Gasteiger partial charge in [-0.3, -0.25) is 0 Å². The molecule has 1 aliphatic carbocycles. The molecule has 110 valence electrons. The van der Waals surface area contributed by atoms with E-state index in [9.17, 15) is 0 Å². The minimum atomic E-state index is -0.267. The van der Waals surface area contributed by atoms with Crippen molar-refractivity contribution < 1.29 is 9.47 Å². The van der Waals surface area contributed by atoms with Crippen LogP contribution in [-0.2, 0) is 5.54 Å². The fourth-order valence-electron chi connectivity index (χ4n) is 3.39. The van der Waals surface area contributed by atoms with Crippen LogP contribution in [0.3, 0.4) is 0 Å². The van der Waals surface area contributed by atoms with E-state index in [0.29, 0.717) is 24.0 Å². The van der Waals surface area contributed by atoms with Crippen molar-refractivity contribution in [1.82, 2.24) is 0 Å². The van der Waals surface area contributed by atoms with E-state index in [2.05, 4.69) is 6.92 Å². The summed E-state index contributed by atoms with van der Waals surface area (Å²) in [4.78, 5) is 0. The maximum atomic E-state index is 6.67. The van der Waals surface area contributed by atoms with E-state index in [-0.39, 0.29) is 5.54 Å². The predicted molar refractivity (Wildman–Crippen MR) is 80.7 cm³/mol. The van der Waals surface area contributed by atoms with Crippen LogP contribution in [0.15, 0.2) is 6.07 Å². The Morgan fingerprint density at radius 2 is 1.70 bits per heavy atom. The predicted octanol–water partition coefficient (Wildman–Crippen LogP) is 3.93. The molecule has 3 nitrogen and oxygen atoms in total. The van der Waals surface area contributed by atoms with Crippen LogP contribution in [-0.4, -0.2) is 13.2 Å². The molecule has 0 radical (unpaired) electrons. The standard InChI is InChI=1S/C16H22ClNO2/c1-11-12(16(18)6-3-2-4-7-16)10-13(17)15-14(11)19-8-5-9-20-15/h10H,2-9,18H2,1H3. The van der Waals surface area contributed by atoms with Crippen LogP contribution >= 0.6 is 11.6 Å². The highest BCUT2D eigenvalue weighted by Gasteiger charge is 2.33. The zero-order chi connectivity index (χ0) is 14.2. The first-order chi connectivity index (χ1) is 9.62. The van der Waals surface area contributed by atoms with Gasteiger partial charge in [-0.05, 0) is 31.4 Å². The van der Waals surface area contributed by atoms with Crippen molar-refractivity contribution in [3.63, 3.8) is 0 Å². The third-order valence-electron chi connectivity index (χ3n) is 4.50. The lowest BCUT2D eigenvalue weighted by Crippen LogP contribution is -2.39. The average molecular weight is 296 g/mol. The normalized spacial score (nSPS) is 21.4. The molecule has 0 unspecified atom stereocenters. The lowest BCUT2D eigenvalue weighted by molar-refractivity contribution is 0.291. The van der Waals surface area contributed by atoms with Crippen LogP contribution in [0.5, 0.6) is 11.5 Å². The molecule has 0 atom stereocenters. The molecule has 2 N–H and O–H groups in total. The van der Waals surface area contributed by atoms with Gasteiger partial charge in [0.05, 0.1) is 18.2 Å². The summed E-state index contributed by atoms with van der Waals surface area (Å²) in [7, 11) is 0. The van der Waals surface area contributed by atoms with Crippen molar-refractivity contribution in [2.75, 3.05) is 13.2 Å². The number of nitrogens with two attached hydrogens (primary N) is 1. The van der Waals surface area contributed by atoms with Gasteiger partial charge in [0.2, 0.25) is 0 Å². The fraction of sp³-hybridized carbons (Fsp3) is 0.625. The molecule has 0 spiro atoms. The van der Waals surface area contributed by atoms with E-state index < -0.39 is 0 Å². The molecule has 3 rings (SSSR count). The van der Waals surface area contributed by atoms with Crippen molar-refractivity contribution in [1.29, 1.82) is 0 Å². The van der Waals surface area contributed by atoms with Crippen LogP contribution in [0.2, 0.25) is 5.02 Å². The lowest BCUT2D eigenvalue weighted by Gasteiger charge is -2.36. The Morgan fingerprint density at radius 3 is 2.40 bits per heavy atom. The number of fused-ring (bicyclic) bond motifs is 1. The summed E-state index contributed by atoms with van der Waals surface area (Å²) in [6, 6.07) is 2.00. The first-order valence-electron chi connectivity index (χ1n) is 7.50. The Morgan fingerprint density at radius 1 is 1.05 bits per heavy atom. The monoisotopic (exact) mass is 295 g/mol. The summed E-state index contributed by atoms with van der Waals surface area (Å²) < 4.78 is 11.6. The Kier molecular flexibility index (Phi) is 3.83. The van der Waals surface area contributed by atoms with Gasteiger partial charge in [-0.15, -0.1) is 0 Å². The average Bonchev–Trinajstić information content (AvgIpc) is 2.70. The van der Waals surface area contributed by atoms with Crippen LogP contribution in [0, 0.1) is 6.92 Å². The summed E-state index contributed by atoms with van der Waals surface area (Å²) in [5, 5.41) is 0.623. The second-order valence-corrected chi connectivity index (χ2v) is 6.36. The fourth-order valence-corrected chi connectivity index (χ4v) is 3.64. The largest absolute Gasteiger partial charge is 0.489 e. The van der Waals surface area contributed by atoms with Gasteiger partial charge in [0.15, 0.2) is 11.5 Å². The van der Waals surface area contributed by atoms with Crippen molar-refractivity contribution in [2.45, 2.75) is 51.0 Å². The molecule has 1 heterocycles. The number of rotatable bonds is 1. The molecule has 0 saturated heterocycles. The zero-order valence-electron chi connectivity index (χ0n) is 12.0. The van der Waals surface area contributed by atoms with Gasteiger partial charge >= 0.3 is 0 Å². The van der Waals surface area contributed by atoms with Gasteiger partial charge in [0.25, 0.3) is 0 Å². The molecule has 0 aromatic heterocycles. The second-order valence-electron chi connectivity index (χ2n) is 5.96. The SMILES string of the molecule is Cc1c(C2(N)CCCCC2)cc(Cl)c2c1OCCCO2. The molecule has 1 aromatic carbocycles. The number of benzene rings is 1. The lowest BCUT2D eigenvalue weighted by atomic mass is 9.76. The van der Waals surface area contributed by atoms with Crippen LogP contribution in [0.1, 0.15) is 49.7 Å². The molecular formula is C16H22ClNO2. The molecule has 1 aliphatic heterocycles. The molecule has 1 saturated carbocycles. The van der Waals surface area contributed by atoms with Crippen molar-refractivity contribution in [3.8, 4) is 11.5 Å². The quantitative estimate of drug-likeness (QED) is 0.854. The van der Waals surface area contributed by atoms with Crippen molar-refractivity contribution >= 4 is 11.6 Å². The van der Waals surface area contributed by atoms with Gasteiger partial charge in [-0.1, -0.05) is 30.9 Å². The maximum absolute atomic E-state index is 6.67. The van der Waals surface area contributed by atoms with Gasteiger partial charge in [0, 0.05) is 17.5 Å². The summed E-state index contributed by atoms with van der Waals surface area (Å²) in [5.74, 6) is 1.48. The van der Waals surface area contributed by atoms with E-state index in [4.69, 9.17) is 26.8 Å². The third-order valence-corrected chi connectivity index (χ3v) is 4.78. The molecular weight excluding hydrogens is 274 g/mol. The smallest absolute Gasteiger partial charge is 0.180 e. The molecule has 1 fully saturated rings. The minimum Gasteiger partial charge on any atom is -0.489 e. The Balaban J connectivity index is 2.08. The highest BCUT2D eigenvalue weighted by Crippen LogP contribution is 2.46. The minimum absolute atomic E-state index is 0.267. The Labute approximate surface area is 125 Å². The topological polar surface area (TPSA) is 44.5 Å². The van der Waals surface area contributed by atoms with Gasteiger partial charge in [-0.25, -0.2) is 0 Å². The highest BCUT2D eigenvalue weighted by molar-refractivity contribution is 6.32. The molecule has 0 bridgehead atoms. The first-order valence-corrected chi connectivity index (χ1v) is 7.88. The molecule has 0 amide bonds. The maximum Gasteiger partial charge on any atom is 0.180 e. The van der Waals surface area contributed by atoms with E-state index in [1.54, 1.807) is 0 Å². The first kappa shape index (κ1) is 14.0. The Hall–Kier alpha value is -0.930. The van der Waals surface area contributed by atoms with Gasteiger partial charge < -0.3 is 15.2 Å². The highest BCUT2D eigenvalue weighted by atomic mass is 35.5. The third kappa shape index (κ3) is 2.38. The van der Waals surface area contributed by atoms with E-state index in [1.807, 2.05) is 6.07 Å². The number of ether oxygens (including phenoxy) is 2. The summed E-state index contributed by atoms with van der Waals surface area (Å²) >= 11 is 6.41. The molecule has 1 aromatic rings. The van der Waals surface area contributed by atoms with Crippen molar-refractivity contribution in [2.24, 2.45) is 5.73 Å². The molecule has 20 heavy (non-hydrogen) atoms. The van der Waals surface area contributed by atoms with E-state index in [0.717, 1.165) is 36.1 Å². The van der Waals surface area contributed by atoms with Gasteiger partial charge in [0.1, 0.15) is 0 Å². The van der Waals surface area contributed by atoms with Crippen LogP contribution in [0.4, 0.5) is 0 Å². The Bertz CT molecular complexity index is 510.